The van der Waals surface area contributed by atoms with Crippen molar-refractivity contribution in [3.63, 3.8) is 0 Å². The molecule has 1 aliphatic heterocycles. The fourth-order valence-corrected chi connectivity index (χ4v) is 0.926. The Hall–Kier alpha value is -0.550. The lowest BCUT2D eigenvalue weighted by molar-refractivity contribution is 0.245. The number of nitrogens with two attached hydrogens (primary N) is 1. The number of thiol groups is 1. The van der Waals surface area contributed by atoms with E-state index in [1.807, 2.05) is 0 Å². The Balaban J connectivity index is 2.93. The first kappa shape index (κ1) is 10.5. The second-order valence-electron chi connectivity index (χ2n) is 4.34. The summed E-state index contributed by atoms with van der Waals surface area (Å²) in [5.74, 6) is 5.73. The van der Waals surface area contributed by atoms with E-state index in [1.54, 1.807) is 13.1 Å². The van der Waals surface area contributed by atoms with Crippen molar-refractivity contribution < 1.29 is 0 Å². The van der Waals surface area contributed by atoms with E-state index in [9.17, 15) is 0 Å². The summed E-state index contributed by atoms with van der Waals surface area (Å²) >= 11 is 4.25. The standard InChI is InChI=1S/C8H16N4S/c1-7(2,3)6-5-12(9)8(4,13)11-10-6/h5,13H,9H2,1-4H3. The van der Waals surface area contributed by atoms with E-state index in [4.69, 9.17) is 5.84 Å². The average Bonchev–Trinajstić information content (AvgIpc) is 1.92. The maximum Gasteiger partial charge on any atom is 0.206 e. The van der Waals surface area contributed by atoms with Gasteiger partial charge in [-0.1, -0.05) is 20.8 Å². The predicted molar refractivity (Wildman–Crippen MR) is 55.8 cm³/mol. The second-order valence-corrected chi connectivity index (χ2v) is 5.19. The molecule has 4 nitrogen and oxygen atoms in total. The van der Waals surface area contributed by atoms with Crippen molar-refractivity contribution >= 4 is 12.6 Å². The van der Waals surface area contributed by atoms with Crippen molar-refractivity contribution in [2.75, 3.05) is 0 Å². The van der Waals surface area contributed by atoms with Gasteiger partial charge in [0.05, 0.1) is 5.70 Å². The minimum atomic E-state index is -0.727. The number of nitrogens with zero attached hydrogens (tertiary/aromatic N) is 3. The molecule has 0 amide bonds. The summed E-state index contributed by atoms with van der Waals surface area (Å²) in [5, 5.41) is 9.57. The molecule has 0 aromatic heterocycles. The van der Waals surface area contributed by atoms with Gasteiger partial charge in [-0.3, -0.25) is 5.01 Å². The number of hydrogen-bond donors (Lipinski definition) is 2. The minimum absolute atomic E-state index is 0.0363. The number of azo groups is 1. The molecule has 0 aliphatic carbocycles. The third kappa shape index (κ3) is 2.22. The van der Waals surface area contributed by atoms with Crippen molar-refractivity contribution in [2.45, 2.75) is 32.7 Å². The molecule has 13 heavy (non-hydrogen) atoms. The van der Waals surface area contributed by atoms with Crippen molar-refractivity contribution in [1.29, 1.82) is 0 Å². The lowest BCUT2D eigenvalue weighted by Crippen LogP contribution is -2.43. The van der Waals surface area contributed by atoms with Crippen LogP contribution in [0.15, 0.2) is 22.1 Å². The zero-order valence-corrected chi connectivity index (χ0v) is 9.34. The average molecular weight is 200 g/mol. The van der Waals surface area contributed by atoms with Crippen LogP contribution in [0.5, 0.6) is 0 Å². The summed E-state index contributed by atoms with van der Waals surface area (Å²) in [4.78, 5) is -0.727. The SMILES string of the molecule is CC(C)(C)C1=CN(N)C(C)(S)N=N1. The molecular weight excluding hydrogens is 184 g/mol. The highest BCUT2D eigenvalue weighted by molar-refractivity contribution is 7.81. The van der Waals surface area contributed by atoms with E-state index >= 15 is 0 Å². The molecule has 1 unspecified atom stereocenters. The molecule has 1 aliphatic rings. The number of hydrogen-bond acceptors (Lipinski definition) is 5. The van der Waals surface area contributed by atoms with Gasteiger partial charge in [0.15, 0.2) is 0 Å². The molecular formula is C8H16N4S. The van der Waals surface area contributed by atoms with Crippen molar-refractivity contribution in [2.24, 2.45) is 21.5 Å². The fraction of sp³-hybridized carbons (Fsp3) is 0.750. The van der Waals surface area contributed by atoms with Crippen LogP contribution < -0.4 is 5.84 Å². The monoisotopic (exact) mass is 200 g/mol. The summed E-state index contributed by atoms with van der Waals surface area (Å²) in [6.07, 6.45) is 1.78. The summed E-state index contributed by atoms with van der Waals surface area (Å²) in [6.45, 7) is 7.97. The molecule has 0 radical (unpaired) electrons. The van der Waals surface area contributed by atoms with Crippen LogP contribution in [0, 0.1) is 5.41 Å². The lowest BCUT2D eigenvalue weighted by atomic mass is 9.93. The van der Waals surface area contributed by atoms with E-state index in [-0.39, 0.29) is 5.41 Å². The summed E-state index contributed by atoms with van der Waals surface area (Å²) in [6, 6.07) is 0. The Kier molecular flexibility index (Phi) is 2.42. The third-order valence-electron chi connectivity index (χ3n) is 1.87. The summed E-state index contributed by atoms with van der Waals surface area (Å²) < 4.78 is 0. The smallest absolute Gasteiger partial charge is 0.206 e. The van der Waals surface area contributed by atoms with E-state index < -0.39 is 4.99 Å². The van der Waals surface area contributed by atoms with Gasteiger partial charge in [-0.15, -0.1) is 17.7 Å². The van der Waals surface area contributed by atoms with Crippen LogP contribution in [0.1, 0.15) is 27.7 Å². The van der Waals surface area contributed by atoms with Crippen LogP contribution >= 0.6 is 12.6 Å². The van der Waals surface area contributed by atoms with Gasteiger partial charge in [0, 0.05) is 11.6 Å². The lowest BCUT2D eigenvalue weighted by Gasteiger charge is -2.33. The maximum atomic E-state index is 5.73. The Morgan fingerprint density at radius 2 is 2.08 bits per heavy atom. The zero-order chi connectivity index (χ0) is 10.3. The second kappa shape index (κ2) is 2.99. The highest BCUT2D eigenvalue weighted by atomic mass is 32.1. The Morgan fingerprint density at radius 3 is 2.46 bits per heavy atom. The van der Waals surface area contributed by atoms with Crippen LogP contribution in [0.4, 0.5) is 0 Å². The molecule has 1 atom stereocenters. The molecule has 0 bridgehead atoms. The predicted octanol–water partition coefficient (Wildman–Crippen LogP) is 2.12. The maximum absolute atomic E-state index is 5.73. The van der Waals surface area contributed by atoms with Gasteiger partial charge in [0.2, 0.25) is 4.99 Å². The van der Waals surface area contributed by atoms with Gasteiger partial charge in [0.25, 0.3) is 0 Å². The van der Waals surface area contributed by atoms with Gasteiger partial charge in [0.1, 0.15) is 0 Å². The normalized spacial score (nSPS) is 29.1. The van der Waals surface area contributed by atoms with Crippen molar-refractivity contribution in [3.8, 4) is 0 Å². The third-order valence-corrected chi connectivity index (χ3v) is 2.19. The first-order valence-corrected chi connectivity index (χ1v) is 4.60. The van der Waals surface area contributed by atoms with Crippen LogP contribution in [0.3, 0.4) is 0 Å². The molecule has 0 saturated carbocycles. The fourth-order valence-electron chi connectivity index (χ4n) is 0.824. The minimum Gasteiger partial charge on any atom is -0.279 e. The van der Waals surface area contributed by atoms with E-state index in [2.05, 4.69) is 43.6 Å². The number of rotatable bonds is 0. The highest BCUT2D eigenvalue weighted by Gasteiger charge is 2.30. The number of hydrazine groups is 1. The van der Waals surface area contributed by atoms with Gasteiger partial charge in [-0.2, -0.15) is 5.11 Å². The van der Waals surface area contributed by atoms with Gasteiger partial charge in [-0.05, 0) is 6.92 Å². The highest BCUT2D eigenvalue weighted by Crippen LogP contribution is 2.33. The van der Waals surface area contributed by atoms with Crippen molar-refractivity contribution in [3.05, 3.63) is 11.9 Å². The van der Waals surface area contributed by atoms with Gasteiger partial charge >= 0.3 is 0 Å². The first-order valence-electron chi connectivity index (χ1n) is 4.15. The molecule has 0 fully saturated rings. The molecule has 74 valence electrons. The number of allylic oxidation sites excluding steroid dienone is 1. The van der Waals surface area contributed by atoms with Crippen molar-refractivity contribution in [1.82, 2.24) is 5.01 Å². The topological polar surface area (TPSA) is 54.0 Å². The van der Waals surface area contributed by atoms with Gasteiger partial charge in [-0.25, -0.2) is 5.84 Å². The molecule has 1 heterocycles. The van der Waals surface area contributed by atoms with E-state index in [1.165, 1.54) is 5.01 Å². The molecule has 5 heteroatoms. The molecule has 1 rings (SSSR count). The molecule has 0 spiro atoms. The van der Waals surface area contributed by atoms with E-state index in [0.717, 1.165) is 5.70 Å². The Morgan fingerprint density at radius 1 is 1.54 bits per heavy atom. The molecule has 0 aromatic rings. The Labute approximate surface area is 84.3 Å². The summed E-state index contributed by atoms with van der Waals surface area (Å²) in [7, 11) is 0. The van der Waals surface area contributed by atoms with E-state index in [0.29, 0.717) is 0 Å². The van der Waals surface area contributed by atoms with Gasteiger partial charge < -0.3 is 0 Å². The summed E-state index contributed by atoms with van der Waals surface area (Å²) in [5.41, 5.74) is 0.826. The Bertz CT molecular complexity index is 262. The molecule has 2 N–H and O–H groups in total. The molecule has 0 saturated heterocycles. The van der Waals surface area contributed by atoms with Crippen LogP contribution in [-0.4, -0.2) is 10.0 Å². The zero-order valence-electron chi connectivity index (χ0n) is 8.44. The van der Waals surface area contributed by atoms with Crippen LogP contribution in [-0.2, 0) is 0 Å². The first-order chi connectivity index (χ1) is 5.73. The van der Waals surface area contributed by atoms with Crippen LogP contribution in [0.2, 0.25) is 0 Å². The molecule has 0 aromatic carbocycles. The quantitative estimate of drug-likeness (QED) is 0.465. The largest absolute Gasteiger partial charge is 0.279 e. The van der Waals surface area contributed by atoms with Crippen LogP contribution in [0.25, 0.3) is 0 Å².